The highest BCUT2D eigenvalue weighted by molar-refractivity contribution is 5.79. The largest absolute Gasteiger partial charge is 0.467 e. The maximum atomic E-state index is 5.39. The van der Waals surface area contributed by atoms with Crippen molar-refractivity contribution >= 4 is 5.96 Å². The van der Waals surface area contributed by atoms with Gasteiger partial charge in [-0.2, -0.15) is 0 Å². The predicted molar refractivity (Wildman–Crippen MR) is 64.7 cm³/mol. The highest BCUT2D eigenvalue weighted by atomic mass is 16.3. The third-order valence-electron chi connectivity index (χ3n) is 2.07. The summed E-state index contributed by atoms with van der Waals surface area (Å²) in [5, 5.41) is 3.14. The van der Waals surface area contributed by atoms with Gasteiger partial charge in [0, 0.05) is 6.54 Å². The molecule has 0 bridgehead atoms. The van der Waals surface area contributed by atoms with Crippen LogP contribution in [-0.4, -0.2) is 12.5 Å². The standard InChI is InChI=1S/C11H20N4O/c1-8(2)7-13-11(15-12)14-9(3)10-5-4-6-16-10/h4-6,8-9H,7,12H2,1-3H3,(H2,13,14,15). The van der Waals surface area contributed by atoms with E-state index < -0.39 is 0 Å². The second kappa shape index (κ2) is 6.17. The number of nitrogens with one attached hydrogen (secondary N) is 2. The van der Waals surface area contributed by atoms with Crippen molar-refractivity contribution < 1.29 is 4.42 Å². The lowest BCUT2D eigenvalue weighted by molar-refractivity contribution is 0.460. The molecule has 0 radical (unpaired) electrons. The van der Waals surface area contributed by atoms with E-state index in [0.717, 1.165) is 12.3 Å². The summed E-state index contributed by atoms with van der Waals surface area (Å²) in [6.07, 6.45) is 1.65. The molecule has 0 amide bonds. The minimum Gasteiger partial charge on any atom is -0.467 e. The number of aliphatic imine (C=N–C) groups is 1. The predicted octanol–water partition coefficient (Wildman–Crippen LogP) is 1.41. The van der Waals surface area contributed by atoms with Crippen molar-refractivity contribution in [3.05, 3.63) is 24.2 Å². The van der Waals surface area contributed by atoms with Gasteiger partial charge >= 0.3 is 0 Å². The van der Waals surface area contributed by atoms with Gasteiger partial charge in [0.1, 0.15) is 5.76 Å². The minimum atomic E-state index is 0.0389. The van der Waals surface area contributed by atoms with Crippen molar-refractivity contribution in [3.63, 3.8) is 0 Å². The molecule has 1 atom stereocenters. The molecule has 0 spiro atoms. The first-order chi connectivity index (χ1) is 7.63. The molecule has 1 heterocycles. The van der Waals surface area contributed by atoms with Crippen LogP contribution in [-0.2, 0) is 0 Å². The van der Waals surface area contributed by atoms with Gasteiger partial charge in [0.25, 0.3) is 0 Å². The van der Waals surface area contributed by atoms with E-state index in [9.17, 15) is 0 Å². The molecule has 0 saturated carbocycles. The van der Waals surface area contributed by atoms with Crippen molar-refractivity contribution in [2.75, 3.05) is 6.54 Å². The molecule has 0 aromatic carbocycles. The SMILES string of the molecule is CC(C)CN=C(NN)NC(C)c1ccco1. The average Bonchev–Trinajstić information content (AvgIpc) is 2.76. The topological polar surface area (TPSA) is 75.6 Å². The van der Waals surface area contributed by atoms with Crippen LogP contribution in [0.5, 0.6) is 0 Å². The molecule has 1 unspecified atom stereocenters. The van der Waals surface area contributed by atoms with E-state index in [1.807, 2.05) is 19.1 Å². The number of rotatable bonds is 4. The van der Waals surface area contributed by atoms with E-state index in [0.29, 0.717) is 11.9 Å². The van der Waals surface area contributed by atoms with E-state index in [4.69, 9.17) is 10.3 Å². The van der Waals surface area contributed by atoms with E-state index in [-0.39, 0.29) is 6.04 Å². The first-order valence-electron chi connectivity index (χ1n) is 5.44. The van der Waals surface area contributed by atoms with E-state index in [1.54, 1.807) is 6.26 Å². The van der Waals surface area contributed by atoms with Gasteiger partial charge in [-0.15, -0.1) is 0 Å². The number of nitrogens with zero attached hydrogens (tertiary/aromatic N) is 1. The van der Waals surface area contributed by atoms with Crippen molar-refractivity contribution in [1.82, 2.24) is 10.7 Å². The van der Waals surface area contributed by atoms with Crippen LogP contribution in [0.15, 0.2) is 27.8 Å². The lowest BCUT2D eigenvalue weighted by Gasteiger charge is -2.14. The zero-order valence-corrected chi connectivity index (χ0v) is 10.0. The van der Waals surface area contributed by atoms with Gasteiger partial charge in [-0.25, -0.2) is 5.84 Å². The number of hydrogen-bond donors (Lipinski definition) is 3. The molecule has 1 rings (SSSR count). The van der Waals surface area contributed by atoms with Crippen LogP contribution in [0.3, 0.4) is 0 Å². The molecule has 0 fully saturated rings. The molecule has 1 aromatic rings. The Kier molecular flexibility index (Phi) is 4.85. The minimum absolute atomic E-state index is 0.0389. The molecule has 0 aliphatic carbocycles. The Hall–Kier alpha value is -1.49. The molecule has 16 heavy (non-hydrogen) atoms. The summed E-state index contributed by atoms with van der Waals surface area (Å²) in [5.41, 5.74) is 2.55. The van der Waals surface area contributed by atoms with E-state index >= 15 is 0 Å². The molecule has 0 saturated heterocycles. The van der Waals surface area contributed by atoms with E-state index in [2.05, 4.69) is 29.6 Å². The molecular formula is C11H20N4O. The normalized spacial score (nSPS) is 13.9. The Bertz CT molecular complexity index is 319. The van der Waals surface area contributed by atoms with Gasteiger partial charge in [-0.05, 0) is 25.0 Å². The van der Waals surface area contributed by atoms with Gasteiger partial charge in [0.05, 0.1) is 12.3 Å². The third-order valence-corrected chi connectivity index (χ3v) is 2.07. The monoisotopic (exact) mass is 224 g/mol. The Morgan fingerprint density at radius 2 is 2.25 bits per heavy atom. The molecular weight excluding hydrogens is 204 g/mol. The van der Waals surface area contributed by atoms with Crippen molar-refractivity contribution in [3.8, 4) is 0 Å². The molecule has 1 aromatic heterocycles. The van der Waals surface area contributed by atoms with Crippen LogP contribution in [0.2, 0.25) is 0 Å². The van der Waals surface area contributed by atoms with Crippen LogP contribution in [0.4, 0.5) is 0 Å². The number of hydrazine groups is 1. The Morgan fingerprint density at radius 1 is 1.50 bits per heavy atom. The summed E-state index contributed by atoms with van der Waals surface area (Å²) in [6, 6.07) is 3.81. The van der Waals surface area contributed by atoms with Crippen LogP contribution >= 0.6 is 0 Å². The summed E-state index contributed by atoms with van der Waals surface area (Å²) in [5.74, 6) is 7.33. The lowest BCUT2D eigenvalue weighted by atomic mass is 10.2. The quantitative estimate of drug-likeness (QED) is 0.313. The van der Waals surface area contributed by atoms with Crippen molar-refractivity contribution in [1.29, 1.82) is 0 Å². The van der Waals surface area contributed by atoms with Crippen molar-refractivity contribution in [2.45, 2.75) is 26.8 Å². The fourth-order valence-corrected chi connectivity index (χ4v) is 1.22. The number of guanidine groups is 1. The first-order valence-corrected chi connectivity index (χ1v) is 5.44. The summed E-state index contributed by atoms with van der Waals surface area (Å²) in [6.45, 7) is 6.93. The van der Waals surface area contributed by atoms with Crippen LogP contribution in [0.25, 0.3) is 0 Å². The zero-order valence-electron chi connectivity index (χ0n) is 10.0. The maximum Gasteiger partial charge on any atom is 0.206 e. The molecule has 5 nitrogen and oxygen atoms in total. The van der Waals surface area contributed by atoms with Crippen LogP contribution < -0.4 is 16.6 Å². The van der Waals surface area contributed by atoms with Gasteiger partial charge in [0.15, 0.2) is 0 Å². The van der Waals surface area contributed by atoms with Gasteiger partial charge in [0.2, 0.25) is 5.96 Å². The molecule has 0 aliphatic heterocycles. The third kappa shape index (κ3) is 3.94. The van der Waals surface area contributed by atoms with E-state index in [1.165, 1.54) is 0 Å². The van der Waals surface area contributed by atoms with Gasteiger partial charge < -0.3 is 9.73 Å². The number of nitrogens with two attached hydrogens (primary N) is 1. The second-order valence-electron chi connectivity index (χ2n) is 4.11. The number of hydrogen-bond acceptors (Lipinski definition) is 3. The zero-order chi connectivity index (χ0) is 12.0. The maximum absolute atomic E-state index is 5.39. The van der Waals surface area contributed by atoms with Gasteiger partial charge in [-0.3, -0.25) is 10.4 Å². The Morgan fingerprint density at radius 3 is 2.75 bits per heavy atom. The second-order valence-corrected chi connectivity index (χ2v) is 4.11. The summed E-state index contributed by atoms with van der Waals surface area (Å²) >= 11 is 0. The molecule has 5 heteroatoms. The smallest absolute Gasteiger partial charge is 0.206 e. The summed E-state index contributed by atoms with van der Waals surface area (Å²) < 4.78 is 5.28. The Balaban J connectivity index is 2.53. The first kappa shape index (κ1) is 12.6. The van der Waals surface area contributed by atoms with Crippen LogP contribution in [0, 0.1) is 5.92 Å². The highest BCUT2D eigenvalue weighted by Gasteiger charge is 2.09. The number of furan rings is 1. The molecule has 4 N–H and O–H groups in total. The summed E-state index contributed by atoms with van der Waals surface area (Å²) in [4.78, 5) is 4.32. The summed E-state index contributed by atoms with van der Waals surface area (Å²) in [7, 11) is 0. The fourth-order valence-electron chi connectivity index (χ4n) is 1.22. The fraction of sp³-hybridized carbons (Fsp3) is 0.545. The van der Waals surface area contributed by atoms with Gasteiger partial charge in [-0.1, -0.05) is 13.8 Å². The molecule has 0 aliphatic rings. The van der Waals surface area contributed by atoms with Crippen molar-refractivity contribution in [2.24, 2.45) is 16.8 Å². The van der Waals surface area contributed by atoms with Crippen LogP contribution in [0.1, 0.15) is 32.6 Å². The highest BCUT2D eigenvalue weighted by Crippen LogP contribution is 2.11. The average molecular weight is 224 g/mol. The molecule has 90 valence electrons. The Labute approximate surface area is 96.1 Å². The lowest BCUT2D eigenvalue weighted by Crippen LogP contribution is -2.42.